The predicted molar refractivity (Wildman–Crippen MR) is 67.3 cm³/mol. The largest absolute Gasteiger partial charge is 0.497 e. The molecule has 0 bridgehead atoms. The highest BCUT2D eigenvalue weighted by molar-refractivity contribution is 6.30. The van der Waals surface area contributed by atoms with Crippen LogP contribution in [0.1, 0.15) is 11.1 Å². The van der Waals surface area contributed by atoms with Crippen molar-refractivity contribution in [3.05, 3.63) is 64.7 Å². The summed E-state index contributed by atoms with van der Waals surface area (Å²) in [5.74, 6) is 0.884. The van der Waals surface area contributed by atoms with Crippen LogP contribution in [0.15, 0.2) is 48.5 Å². The number of hydrogen-bond donors (Lipinski definition) is 0. The molecule has 2 rings (SSSR count). The lowest BCUT2D eigenvalue weighted by Crippen LogP contribution is -1.88. The molecule has 82 valence electrons. The topological polar surface area (TPSA) is 9.23 Å². The van der Waals surface area contributed by atoms with E-state index in [1.165, 1.54) is 11.1 Å². The maximum absolute atomic E-state index is 5.94. The van der Waals surface area contributed by atoms with E-state index in [4.69, 9.17) is 16.3 Å². The van der Waals surface area contributed by atoms with Gasteiger partial charge in [0.25, 0.3) is 0 Å². The Morgan fingerprint density at radius 1 is 1.00 bits per heavy atom. The second kappa shape index (κ2) is 5.04. The molecule has 0 aromatic heterocycles. The highest BCUT2D eigenvalue weighted by Gasteiger charge is 1.98. The zero-order chi connectivity index (χ0) is 11.4. The first kappa shape index (κ1) is 11.0. The van der Waals surface area contributed by atoms with E-state index in [1.807, 2.05) is 30.3 Å². The lowest BCUT2D eigenvalue weighted by molar-refractivity contribution is 0.414. The quantitative estimate of drug-likeness (QED) is 0.779. The minimum atomic E-state index is 0.783. The van der Waals surface area contributed by atoms with E-state index < -0.39 is 0 Å². The molecule has 16 heavy (non-hydrogen) atoms. The van der Waals surface area contributed by atoms with Gasteiger partial charge in [-0.25, -0.2) is 0 Å². The van der Waals surface area contributed by atoms with Gasteiger partial charge in [-0.2, -0.15) is 0 Å². The average molecular weight is 233 g/mol. The van der Waals surface area contributed by atoms with Crippen molar-refractivity contribution >= 4 is 11.6 Å². The van der Waals surface area contributed by atoms with Crippen LogP contribution in [-0.2, 0) is 6.42 Å². The fraction of sp³-hybridized carbons (Fsp3) is 0.143. The van der Waals surface area contributed by atoms with E-state index in [9.17, 15) is 0 Å². The molecule has 2 aromatic carbocycles. The first-order valence-corrected chi connectivity index (χ1v) is 5.53. The molecule has 2 aromatic rings. The van der Waals surface area contributed by atoms with Crippen LogP contribution in [-0.4, -0.2) is 7.11 Å². The molecule has 2 heteroatoms. The van der Waals surface area contributed by atoms with E-state index in [-0.39, 0.29) is 0 Å². The van der Waals surface area contributed by atoms with Gasteiger partial charge in [-0.3, -0.25) is 0 Å². The van der Waals surface area contributed by atoms with Gasteiger partial charge in [0.2, 0.25) is 0 Å². The summed E-state index contributed by atoms with van der Waals surface area (Å²) in [7, 11) is 1.67. The molecule has 0 saturated heterocycles. The molecule has 0 radical (unpaired) electrons. The van der Waals surface area contributed by atoms with Crippen LogP contribution in [0.3, 0.4) is 0 Å². The number of rotatable bonds is 3. The molecule has 0 saturated carbocycles. The van der Waals surface area contributed by atoms with Crippen molar-refractivity contribution in [1.82, 2.24) is 0 Å². The molecule has 0 aliphatic heterocycles. The van der Waals surface area contributed by atoms with Crippen LogP contribution in [0.5, 0.6) is 5.75 Å². The van der Waals surface area contributed by atoms with Crippen LogP contribution in [0.25, 0.3) is 0 Å². The highest BCUT2D eigenvalue weighted by atomic mass is 35.5. The molecule has 1 nitrogen and oxygen atoms in total. The fourth-order valence-electron chi connectivity index (χ4n) is 1.63. The molecule has 0 atom stereocenters. The highest BCUT2D eigenvalue weighted by Crippen LogP contribution is 2.17. The van der Waals surface area contributed by atoms with Gasteiger partial charge >= 0.3 is 0 Å². The number of halogens is 1. The molecular formula is C14H13ClO. The monoisotopic (exact) mass is 232 g/mol. The van der Waals surface area contributed by atoms with Crippen molar-refractivity contribution in [3.8, 4) is 5.75 Å². The summed E-state index contributed by atoms with van der Waals surface area (Å²) in [5.41, 5.74) is 2.47. The maximum atomic E-state index is 5.94. The first-order valence-electron chi connectivity index (χ1n) is 5.15. The second-order valence-corrected chi connectivity index (χ2v) is 4.09. The molecule has 0 aliphatic rings. The standard InChI is InChI=1S/C14H13ClO/c1-16-14-7-5-11(6-8-14)9-12-3-2-4-13(15)10-12/h2-8,10H,9H2,1H3. The Labute approximate surface area is 101 Å². The van der Waals surface area contributed by atoms with Crippen molar-refractivity contribution in [1.29, 1.82) is 0 Å². The normalized spacial score (nSPS) is 10.1. The van der Waals surface area contributed by atoms with Crippen LogP contribution in [0.4, 0.5) is 0 Å². The Balaban J connectivity index is 2.14. The number of methoxy groups -OCH3 is 1. The van der Waals surface area contributed by atoms with Crippen molar-refractivity contribution in [2.24, 2.45) is 0 Å². The van der Waals surface area contributed by atoms with Gasteiger partial charge < -0.3 is 4.74 Å². The van der Waals surface area contributed by atoms with Gasteiger partial charge in [-0.1, -0.05) is 35.9 Å². The lowest BCUT2D eigenvalue weighted by atomic mass is 10.1. The zero-order valence-corrected chi connectivity index (χ0v) is 9.87. The first-order chi connectivity index (χ1) is 7.78. The maximum Gasteiger partial charge on any atom is 0.118 e. The molecule has 0 amide bonds. The summed E-state index contributed by atoms with van der Waals surface area (Å²) in [4.78, 5) is 0. The van der Waals surface area contributed by atoms with Gasteiger partial charge in [0.15, 0.2) is 0 Å². The summed E-state index contributed by atoms with van der Waals surface area (Å²) in [6, 6.07) is 16.0. The Morgan fingerprint density at radius 2 is 1.75 bits per heavy atom. The smallest absolute Gasteiger partial charge is 0.118 e. The summed E-state index contributed by atoms with van der Waals surface area (Å²) in [6.45, 7) is 0. The number of hydrogen-bond acceptors (Lipinski definition) is 1. The molecule has 0 N–H and O–H groups in total. The molecule has 0 unspecified atom stereocenters. The summed E-state index contributed by atoms with van der Waals surface area (Å²) in [5, 5.41) is 0.783. The van der Waals surface area contributed by atoms with Gasteiger partial charge in [0, 0.05) is 5.02 Å². The Bertz CT molecular complexity index is 462. The van der Waals surface area contributed by atoms with E-state index in [2.05, 4.69) is 18.2 Å². The Kier molecular flexibility index (Phi) is 3.47. The molecule has 0 aliphatic carbocycles. The molecule has 0 heterocycles. The van der Waals surface area contributed by atoms with Gasteiger partial charge in [0.1, 0.15) is 5.75 Å². The third kappa shape index (κ3) is 2.77. The lowest BCUT2D eigenvalue weighted by Gasteiger charge is -2.04. The third-order valence-corrected chi connectivity index (χ3v) is 2.69. The van der Waals surface area contributed by atoms with E-state index in [0.717, 1.165) is 17.2 Å². The summed E-state index contributed by atoms with van der Waals surface area (Å²) >= 11 is 5.94. The van der Waals surface area contributed by atoms with E-state index in [1.54, 1.807) is 7.11 Å². The summed E-state index contributed by atoms with van der Waals surface area (Å²) < 4.78 is 5.12. The number of ether oxygens (including phenoxy) is 1. The third-order valence-electron chi connectivity index (χ3n) is 2.46. The fourth-order valence-corrected chi connectivity index (χ4v) is 1.84. The minimum absolute atomic E-state index is 0.783. The van der Waals surface area contributed by atoms with E-state index >= 15 is 0 Å². The van der Waals surface area contributed by atoms with Gasteiger partial charge in [-0.05, 0) is 41.8 Å². The van der Waals surface area contributed by atoms with Crippen molar-refractivity contribution in [2.75, 3.05) is 7.11 Å². The van der Waals surface area contributed by atoms with Crippen molar-refractivity contribution in [3.63, 3.8) is 0 Å². The number of benzene rings is 2. The van der Waals surface area contributed by atoms with Crippen LogP contribution < -0.4 is 4.74 Å². The Morgan fingerprint density at radius 3 is 2.38 bits per heavy atom. The van der Waals surface area contributed by atoms with E-state index in [0.29, 0.717) is 0 Å². The average Bonchev–Trinajstić information content (AvgIpc) is 2.30. The Hall–Kier alpha value is -1.47. The summed E-state index contributed by atoms with van der Waals surface area (Å²) in [6.07, 6.45) is 0.893. The minimum Gasteiger partial charge on any atom is -0.497 e. The van der Waals surface area contributed by atoms with Crippen molar-refractivity contribution < 1.29 is 4.74 Å². The second-order valence-electron chi connectivity index (χ2n) is 3.65. The molecule has 0 fully saturated rings. The van der Waals surface area contributed by atoms with Gasteiger partial charge in [-0.15, -0.1) is 0 Å². The van der Waals surface area contributed by atoms with Crippen LogP contribution >= 0.6 is 11.6 Å². The zero-order valence-electron chi connectivity index (χ0n) is 9.11. The van der Waals surface area contributed by atoms with Crippen LogP contribution in [0.2, 0.25) is 5.02 Å². The molecular weight excluding hydrogens is 220 g/mol. The SMILES string of the molecule is COc1ccc(Cc2cccc(Cl)c2)cc1. The molecule has 0 spiro atoms. The predicted octanol–water partition coefficient (Wildman–Crippen LogP) is 3.94. The van der Waals surface area contributed by atoms with Gasteiger partial charge in [0.05, 0.1) is 7.11 Å². The van der Waals surface area contributed by atoms with Crippen molar-refractivity contribution in [2.45, 2.75) is 6.42 Å². The van der Waals surface area contributed by atoms with Crippen LogP contribution in [0, 0.1) is 0 Å².